The van der Waals surface area contributed by atoms with E-state index in [9.17, 15) is 13.2 Å². The molecule has 1 amide bonds. The van der Waals surface area contributed by atoms with Gasteiger partial charge in [0.25, 0.3) is 0 Å². The fraction of sp³-hybridized carbons (Fsp3) is 0.316. The monoisotopic (exact) mass is 460 g/mol. The van der Waals surface area contributed by atoms with Crippen molar-refractivity contribution < 1.29 is 13.2 Å². The van der Waals surface area contributed by atoms with Crippen molar-refractivity contribution >= 4 is 56.4 Å². The second kappa shape index (κ2) is 9.01. The molecule has 1 fully saturated rings. The normalized spacial score (nSPS) is 16.1. The van der Waals surface area contributed by atoms with E-state index in [1.165, 1.54) is 16.4 Å². The number of rotatable bonds is 5. The van der Waals surface area contributed by atoms with E-state index in [0.29, 0.717) is 46.7 Å². The third-order valence-electron chi connectivity index (χ3n) is 4.68. The predicted octanol–water partition coefficient (Wildman–Crippen LogP) is 4.83. The zero-order chi connectivity index (χ0) is 20.3. The van der Waals surface area contributed by atoms with Crippen molar-refractivity contribution in [2.75, 3.05) is 18.4 Å². The molecular formula is C19H19Cl3N2O3S. The molecule has 0 atom stereocenters. The first-order chi connectivity index (χ1) is 13.3. The SMILES string of the molecule is O=C(Nc1cc(Cl)c(Cl)cc1Cl)C1CCN(S(=O)(=O)Cc2ccccc2)CC1. The van der Waals surface area contributed by atoms with E-state index in [0.717, 1.165) is 5.56 Å². The van der Waals surface area contributed by atoms with Gasteiger partial charge in [-0.1, -0.05) is 65.1 Å². The van der Waals surface area contributed by atoms with Gasteiger partial charge >= 0.3 is 0 Å². The molecule has 0 aromatic heterocycles. The molecule has 1 heterocycles. The Kier molecular flexibility index (Phi) is 6.89. The van der Waals surface area contributed by atoms with E-state index >= 15 is 0 Å². The highest BCUT2D eigenvalue weighted by atomic mass is 35.5. The molecule has 1 saturated heterocycles. The van der Waals surface area contributed by atoms with Gasteiger partial charge in [-0.3, -0.25) is 4.79 Å². The van der Waals surface area contributed by atoms with E-state index in [2.05, 4.69) is 5.32 Å². The summed E-state index contributed by atoms with van der Waals surface area (Å²) in [4.78, 5) is 12.5. The Balaban J connectivity index is 1.59. The van der Waals surface area contributed by atoms with E-state index in [1.54, 1.807) is 12.1 Å². The minimum atomic E-state index is -3.41. The molecule has 0 saturated carbocycles. The third kappa shape index (κ3) is 5.19. The smallest absolute Gasteiger partial charge is 0.227 e. The molecule has 2 aromatic carbocycles. The van der Waals surface area contributed by atoms with Crippen LogP contribution in [0.3, 0.4) is 0 Å². The van der Waals surface area contributed by atoms with Crippen LogP contribution in [0.25, 0.3) is 0 Å². The molecule has 1 aliphatic rings. The van der Waals surface area contributed by atoms with E-state index < -0.39 is 10.0 Å². The second-order valence-electron chi connectivity index (χ2n) is 6.65. The van der Waals surface area contributed by atoms with Gasteiger partial charge in [0.2, 0.25) is 15.9 Å². The van der Waals surface area contributed by atoms with Crippen LogP contribution in [0.2, 0.25) is 15.1 Å². The van der Waals surface area contributed by atoms with E-state index in [1.807, 2.05) is 18.2 Å². The van der Waals surface area contributed by atoms with Crippen molar-refractivity contribution in [3.63, 3.8) is 0 Å². The van der Waals surface area contributed by atoms with Crippen molar-refractivity contribution in [1.29, 1.82) is 0 Å². The van der Waals surface area contributed by atoms with E-state index in [-0.39, 0.29) is 17.6 Å². The van der Waals surface area contributed by atoms with Gasteiger partial charge in [0.15, 0.2) is 0 Å². The summed E-state index contributed by atoms with van der Waals surface area (Å²) >= 11 is 18.0. The highest BCUT2D eigenvalue weighted by Crippen LogP contribution is 2.33. The molecule has 5 nitrogen and oxygen atoms in total. The quantitative estimate of drug-likeness (QED) is 0.649. The summed E-state index contributed by atoms with van der Waals surface area (Å²) < 4.78 is 26.7. The summed E-state index contributed by atoms with van der Waals surface area (Å²) in [6.07, 6.45) is 0.886. The van der Waals surface area contributed by atoms with Crippen LogP contribution in [-0.4, -0.2) is 31.7 Å². The number of amides is 1. The van der Waals surface area contributed by atoms with Gasteiger partial charge in [-0.15, -0.1) is 0 Å². The van der Waals surface area contributed by atoms with Gasteiger partial charge < -0.3 is 5.32 Å². The Morgan fingerprint density at radius 1 is 1.00 bits per heavy atom. The van der Waals surface area contributed by atoms with Gasteiger partial charge in [-0.2, -0.15) is 0 Å². The highest BCUT2D eigenvalue weighted by Gasteiger charge is 2.31. The molecule has 3 rings (SSSR count). The summed E-state index contributed by atoms with van der Waals surface area (Å²) in [6, 6.07) is 12.0. The lowest BCUT2D eigenvalue weighted by Gasteiger charge is -2.30. The minimum Gasteiger partial charge on any atom is -0.324 e. The van der Waals surface area contributed by atoms with Gasteiger partial charge in [0.05, 0.1) is 26.5 Å². The number of carbonyl (C=O) groups is 1. The lowest BCUT2D eigenvalue weighted by atomic mass is 9.97. The predicted molar refractivity (Wildman–Crippen MR) is 113 cm³/mol. The second-order valence-corrected chi connectivity index (χ2v) is 9.84. The fourth-order valence-electron chi connectivity index (χ4n) is 3.13. The van der Waals surface area contributed by atoms with Crippen LogP contribution in [0.15, 0.2) is 42.5 Å². The van der Waals surface area contributed by atoms with Crippen molar-refractivity contribution in [2.24, 2.45) is 5.92 Å². The molecule has 150 valence electrons. The molecule has 0 aliphatic carbocycles. The number of halogens is 3. The average molecular weight is 462 g/mol. The van der Waals surface area contributed by atoms with E-state index in [4.69, 9.17) is 34.8 Å². The average Bonchev–Trinajstić information content (AvgIpc) is 2.66. The molecule has 1 N–H and O–H groups in total. The van der Waals surface area contributed by atoms with Gasteiger partial charge in [0, 0.05) is 19.0 Å². The Morgan fingerprint density at radius 2 is 1.61 bits per heavy atom. The highest BCUT2D eigenvalue weighted by molar-refractivity contribution is 7.88. The van der Waals surface area contributed by atoms with Crippen LogP contribution in [0.1, 0.15) is 18.4 Å². The van der Waals surface area contributed by atoms with Crippen LogP contribution in [0, 0.1) is 5.92 Å². The zero-order valence-corrected chi connectivity index (χ0v) is 18.0. The number of nitrogens with one attached hydrogen (secondary N) is 1. The van der Waals surface area contributed by atoms with Crippen LogP contribution >= 0.6 is 34.8 Å². The Morgan fingerprint density at radius 3 is 2.25 bits per heavy atom. The molecule has 0 spiro atoms. The van der Waals surface area contributed by atoms with Crippen LogP contribution in [0.5, 0.6) is 0 Å². The maximum atomic E-state index is 12.6. The number of hydrogen-bond donors (Lipinski definition) is 1. The molecule has 2 aromatic rings. The molecule has 0 radical (unpaired) electrons. The summed E-state index contributed by atoms with van der Waals surface area (Å²) in [7, 11) is -3.41. The van der Waals surface area contributed by atoms with Crippen molar-refractivity contribution in [2.45, 2.75) is 18.6 Å². The molecule has 28 heavy (non-hydrogen) atoms. The first-order valence-corrected chi connectivity index (χ1v) is 11.5. The Hall–Kier alpha value is -1.31. The lowest BCUT2D eigenvalue weighted by molar-refractivity contribution is -0.120. The van der Waals surface area contributed by atoms with Crippen molar-refractivity contribution in [3.8, 4) is 0 Å². The number of piperidine rings is 1. The van der Waals surface area contributed by atoms with Crippen LogP contribution in [0.4, 0.5) is 5.69 Å². The van der Waals surface area contributed by atoms with Crippen LogP contribution in [-0.2, 0) is 20.6 Å². The van der Waals surface area contributed by atoms with Gasteiger partial charge in [-0.05, 0) is 30.5 Å². The zero-order valence-electron chi connectivity index (χ0n) is 14.9. The first kappa shape index (κ1) is 21.4. The maximum Gasteiger partial charge on any atom is 0.227 e. The first-order valence-electron chi connectivity index (χ1n) is 8.73. The standard InChI is InChI=1S/C19H19Cl3N2O3S/c20-15-10-17(22)18(11-16(15)21)23-19(25)14-6-8-24(9-7-14)28(26,27)12-13-4-2-1-3-5-13/h1-5,10-11,14H,6-9,12H2,(H,23,25). The topological polar surface area (TPSA) is 66.5 Å². The van der Waals surface area contributed by atoms with Crippen molar-refractivity contribution in [3.05, 3.63) is 63.1 Å². The number of carbonyl (C=O) groups excluding carboxylic acids is 1. The summed E-state index contributed by atoms with van der Waals surface area (Å²) in [5.74, 6) is -0.544. The molecule has 1 aliphatic heterocycles. The molecule has 9 heteroatoms. The Labute approximate surface area is 179 Å². The Bertz CT molecular complexity index is 960. The molecule has 0 bridgehead atoms. The van der Waals surface area contributed by atoms with Gasteiger partial charge in [0.1, 0.15) is 0 Å². The van der Waals surface area contributed by atoms with Crippen LogP contribution < -0.4 is 5.32 Å². The molecule has 0 unspecified atom stereocenters. The van der Waals surface area contributed by atoms with Crippen molar-refractivity contribution in [1.82, 2.24) is 4.31 Å². The summed E-state index contributed by atoms with van der Waals surface area (Å²) in [5, 5.41) is 3.66. The number of anilines is 1. The fourth-order valence-corrected chi connectivity index (χ4v) is 5.28. The third-order valence-corrected chi connectivity index (χ3v) is 7.56. The molecular weight excluding hydrogens is 443 g/mol. The summed E-state index contributed by atoms with van der Waals surface area (Å²) in [6.45, 7) is 0.616. The summed E-state index contributed by atoms with van der Waals surface area (Å²) in [5.41, 5.74) is 1.14. The van der Waals surface area contributed by atoms with Gasteiger partial charge in [-0.25, -0.2) is 12.7 Å². The number of sulfonamides is 1. The number of nitrogens with zero attached hydrogens (tertiary/aromatic N) is 1. The number of hydrogen-bond acceptors (Lipinski definition) is 3. The lowest BCUT2D eigenvalue weighted by Crippen LogP contribution is -2.41. The number of benzene rings is 2. The minimum absolute atomic E-state index is 0.0381. The maximum absolute atomic E-state index is 12.6. The largest absolute Gasteiger partial charge is 0.324 e.